The van der Waals surface area contributed by atoms with Crippen molar-refractivity contribution in [2.75, 3.05) is 13.2 Å². The van der Waals surface area contributed by atoms with Crippen LogP contribution in [0.3, 0.4) is 0 Å². The van der Waals surface area contributed by atoms with Crippen LogP contribution in [0.2, 0.25) is 5.02 Å². The maximum Gasteiger partial charge on any atom is 0.273 e. The number of hydrogen-bond donors (Lipinski definition) is 1. The molecular weight excluding hydrogens is 308 g/mol. The van der Waals surface area contributed by atoms with E-state index in [-0.39, 0.29) is 18.6 Å². The van der Waals surface area contributed by atoms with Crippen molar-refractivity contribution < 1.29 is 9.90 Å². The van der Waals surface area contributed by atoms with Gasteiger partial charge in [-0.05, 0) is 25.0 Å². The number of carbonyl (C=O) groups is 1. The minimum Gasteiger partial charge on any atom is -0.395 e. The van der Waals surface area contributed by atoms with Crippen molar-refractivity contribution in [3.63, 3.8) is 0 Å². The van der Waals surface area contributed by atoms with Gasteiger partial charge in [0.15, 0.2) is 0 Å². The average molecular weight is 323 g/mol. The Kier molecular flexibility index (Phi) is 4.24. The van der Waals surface area contributed by atoms with Crippen LogP contribution in [0.15, 0.2) is 29.6 Å². The lowest BCUT2D eigenvalue weighted by Crippen LogP contribution is -2.35. The second kappa shape index (κ2) is 6.13. The maximum absolute atomic E-state index is 12.5. The Hall–Kier alpha value is -1.43. The van der Waals surface area contributed by atoms with E-state index in [1.54, 1.807) is 16.3 Å². The first-order chi connectivity index (χ1) is 10.2. The highest BCUT2D eigenvalue weighted by Crippen LogP contribution is 2.30. The van der Waals surface area contributed by atoms with Gasteiger partial charge in [-0.3, -0.25) is 4.79 Å². The number of halogens is 1. The first kappa shape index (κ1) is 14.5. The Morgan fingerprint density at radius 1 is 1.48 bits per heavy atom. The summed E-state index contributed by atoms with van der Waals surface area (Å²) in [6, 6.07) is 7.69. The largest absolute Gasteiger partial charge is 0.395 e. The lowest BCUT2D eigenvalue weighted by atomic mass is 10.2. The van der Waals surface area contributed by atoms with Gasteiger partial charge in [0.1, 0.15) is 10.7 Å². The number of hydrogen-bond acceptors (Lipinski definition) is 4. The van der Waals surface area contributed by atoms with Crippen LogP contribution in [0.4, 0.5) is 0 Å². The van der Waals surface area contributed by atoms with Crippen molar-refractivity contribution in [2.24, 2.45) is 0 Å². The van der Waals surface area contributed by atoms with Gasteiger partial charge in [-0.25, -0.2) is 4.98 Å². The zero-order valence-electron chi connectivity index (χ0n) is 11.3. The monoisotopic (exact) mass is 322 g/mol. The third-order valence-electron chi connectivity index (χ3n) is 3.38. The van der Waals surface area contributed by atoms with E-state index in [1.165, 1.54) is 11.3 Å². The lowest BCUT2D eigenvalue weighted by Gasteiger charge is -2.19. The summed E-state index contributed by atoms with van der Waals surface area (Å²) in [5.41, 5.74) is 1.35. The van der Waals surface area contributed by atoms with Crippen molar-refractivity contribution in [3.05, 3.63) is 40.4 Å². The van der Waals surface area contributed by atoms with Gasteiger partial charge in [-0.15, -0.1) is 11.3 Å². The Labute approximate surface area is 132 Å². The second-order valence-electron chi connectivity index (χ2n) is 5.00. The molecule has 0 radical (unpaired) electrons. The molecule has 21 heavy (non-hydrogen) atoms. The summed E-state index contributed by atoms with van der Waals surface area (Å²) in [4.78, 5) is 18.6. The molecule has 1 aromatic carbocycles. The van der Waals surface area contributed by atoms with E-state index in [0.717, 1.165) is 23.4 Å². The van der Waals surface area contributed by atoms with Gasteiger partial charge in [-0.1, -0.05) is 23.7 Å². The van der Waals surface area contributed by atoms with Crippen LogP contribution in [-0.4, -0.2) is 40.1 Å². The average Bonchev–Trinajstić information content (AvgIpc) is 3.20. The number of aliphatic hydroxyl groups excluding tert-OH is 1. The molecule has 2 aromatic rings. The number of rotatable bonds is 5. The van der Waals surface area contributed by atoms with Crippen molar-refractivity contribution in [3.8, 4) is 10.6 Å². The second-order valence-corrected chi connectivity index (χ2v) is 6.30. The SMILES string of the molecule is O=C(c1csc(-c2cccc(Cl)c2)n1)N(CCO)C1CC1. The van der Waals surface area contributed by atoms with E-state index in [9.17, 15) is 4.79 Å². The molecule has 1 aliphatic rings. The van der Waals surface area contributed by atoms with Crippen LogP contribution in [0, 0.1) is 0 Å². The van der Waals surface area contributed by atoms with Gasteiger partial charge < -0.3 is 10.0 Å². The van der Waals surface area contributed by atoms with Crippen molar-refractivity contribution in [2.45, 2.75) is 18.9 Å². The third kappa shape index (κ3) is 3.26. The first-order valence-corrected chi connectivity index (χ1v) is 8.08. The van der Waals surface area contributed by atoms with E-state index in [0.29, 0.717) is 17.3 Å². The summed E-state index contributed by atoms with van der Waals surface area (Å²) < 4.78 is 0. The predicted molar refractivity (Wildman–Crippen MR) is 83.7 cm³/mol. The Bertz CT molecular complexity index is 655. The highest BCUT2D eigenvalue weighted by Gasteiger charge is 2.33. The molecule has 6 heteroatoms. The van der Waals surface area contributed by atoms with Crippen LogP contribution in [-0.2, 0) is 0 Å². The fourth-order valence-electron chi connectivity index (χ4n) is 2.22. The van der Waals surface area contributed by atoms with E-state index in [2.05, 4.69) is 4.98 Å². The smallest absolute Gasteiger partial charge is 0.273 e. The summed E-state index contributed by atoms with van der Waals surface area (Å²) in [5.74, 6) is -0.101. The Balaban J connectivity index is 1.82. The molecular formula is C15H15ClN2O2S. The van der Waals surface area contributed by atoms with Crippen molar-refractivity contribution in [1.29, 1.82) is 0 Å². The number of thiazole rings is 1. The molecule has 110 valence electrons. The van der Waals surface area contributed by atoms with E-state index < -0.39 is 0 Å². The van der Waals surface area contributed by atoms with Crippen LogP contribution >= 0.6 is 22.9 Å². The molecule has 1 saturated carbocycles. The fraction of sp³-hybridized carbons (Fsp3) is 0.333. The number of aliphatic hydroxyl groups is 1. The molecule has 0 unspecified atom stereocenters. The van der Waals surface area contributed by atoms with E-state index in [1.807, 2.05) is 18.2 Å². The zero-order valence-corrected chi connectivity index (χ0v) is 12.9. The minimum absolute atomic E-state index is 0.0203. The molecule has 0 bridgehead atoms. The molecule has 1 amide bonds. The molecule has 1 heterocycles. The van der Waals surface area contributed by atoms with Crippen LogP contribution in [0.25, 0.3) is 10.6 Å². The molecule has 3 rings (SSSR count). The lowest BCUT2D eigenvalue weighted by molar-refractivity contribution is 0.0702. The summed E-state index contributed by atoms with van der Waals surface area (Å²) in [6.45, 7) is 0.348. The van der Waals surface area contributed by atoms with Gasteiger partial charge in [0.25, 0.3) is 5.91 Å². The highest BCUT2D eigenvalue weighted by atomic mass is 35.5. The number of aromatic nitrogens is 1. The molecule has 0 aliphatic heterocycles. The van der Waals surface area contributed by atoms with Crippen LogP contribution < -0.4 is 0 Å². The van der Waals surface area contributed by atoms with Crippen LogP contribution in [0.5, 0.6) is 0 Å². The summed E-state index contributed by atoms with van der Waals surface area (Å²) >= 11 is 7.41. The van der Waals surface area contributed by atoms with Gasteiger partial charge in [0.05, 0.1) is 6.61 Å². The molecule has 1 aliphatic carbocycles. The first-order valence-electron chi connectivity index (χ1n) is 6.82. The number of carbonyl (C=O) groups excluding carboxylic acids is 1. The third-order valence-corrected chi connectivity index (χ3v) is 4.51. The van der Waals surface area contributed by atoms with Gasteiger partial charge in [0, 0.05) is 28.6 Å². The summed E-state index contributed by atoms with van der Waals surface area (Å²) in [5, 5.41) is 12.3. The number of nitrogens with zero attached hydrogens (tertiary/aromatic N) is 2. The molecule has 4 nitrogen and oxygen atoms in total. The quantitative estimate of drug-likeness (QED) is 0.920. The summed E-state index contributed by atoms with van der Waals surface area (Å²) in [7, 11) is 0. The molecule has 1 aromatic heterocycles. The molecule has 1 N–H and O–H groups in total. The van der Waals surface area contributed by atoms with Crippen LogP contribution in [0.1, 0.15) is 23.3 Å². The minimum atomic E-state index is -0.101. The Morgan fingerprint density at radius 3 is 2.95 bits per heavy atom. The molecule has 0 atom stereocenters. The van der Waals surface area contributed by atoms with E-state index >= 15 is 0 Å². The number of amides is 1. The normalized spacial score (nSPS) is 14.2. The molecule has 1 fully saturated rings. The van der Waals surface area contributed by atoms with Crippen molar-refractivity contribution in [1.82, 2.24) is 9.88 Å². The molecule has 0 saturated heterocycles. The maximum atomic E-state index is 12.5. The van der Waals surface area contributed by atoms with Crippen molar-refractivity contribution >= 4 is 28.8 Å². The zero-order chi connectivity index (χ0) is 14.8. The topological polar surface area (TPSA) is 53.4 Å². The Morgan fingerprint density at radius 2 is 2.29 bits per heavy atom. The van der Waals surface area contributed by atoms with Gasteiger partial charge in [-0.2, -0.15) is 0 Å². The fourth-order valence-corrected chi connectivity index (χ4v) is 3.20. The number of benzene rings is 1. The standard InChI is InChI=1S/C15H15ClN2O2S/c16-11-3-1-2-10(8-11)14-17-13(9-21-14)15(20)18(6-7-19)12-4-5-12/h1-3,8-9,12,19H,4-7H2. The van der Waals surface area contributed by atoms with Gasteiger partial charge >= 0.3 is 0 Å². The predicted octanol–water partition coefficient (Wildman–Crippen LogP) is 3.06. The highest BCUT2D eigenvalue weighted by molar-refractivity contribution is 7.13. The molecule has 0 spiro atoms. The van der Waals surface area contributed by atoms with Gasteiger partial charge in [0.2, 0.25) is 0 Å². The summed E-state index contributed by atoms with van der Waals surface area (Å²) in [6.07, 6.45) is 2.02. The van der Waals surface area contributed by atoms with E-state index in [4.69, 9.17) is 16.7 Å².